The molecule has 138 valence electrons. The molecule has 1 aromatic heterocycles. The molecule has 0 radical (unpaired) electrons. The monoisotopic (exact) mass is 367 g/mol. The normalized spacial score (nSPS) is 24.3. The van der Waals surface area contributed by atoms with Crippen molar-refractivity contribution in [2.24, 2.45) is 0 Å². The van der Waals surface area contributed by atoms with Crippen molar-refractivity contribution >= 4 is 11.8 Å². The average molecular weight is 367 g/mol. The van der Waals surface area contributed by atoms with Gasteiger partial charge in [-0.25, -0.2) is 9.59 Å². The van der Waals surface area contributed by atoms with Crippen LogP contribution in [0.2, 0.25) is 0 Å². The molecule has 0 bridgehead atoms. The molecule has 1 fully saturated rings. The van der Waals surface area contributed by atoms with Gasteiger partial charge in [0.05, 0.1) is 12.2 Å². The highest BCUT2D eigenvalue weighted by Crippen LogP contribution is 2.44. The van der Waals surface area contributed by atoms with Crippen molar-refractivity contribution in [3.05, 3.63) is 58.6 Å². The molecule has 3 rings (SSSR count). The lowest BCUT2D eigenvalue weighted by molar-refractivity contribution is -0.142. The summed E-state index contributed by atoms with van der Waals surface area (Å²) in [5, 5.41) is 9.36. The Morgan fingerprint density at radius 3 is 2.65 bits per heavy atom. The third kappa shape index (κ3) is 3.16. The van der Waals surface area contributed by atoms with Gasteiger partial charge in [0.25, 0.3) is 0 Å². The Hall–Kier alpha value is -2.85. The number of ether oxygens (including phenoxy) is 2. The molecule has 0 aliphatic carbocycles. The van der Waals surface area contributed by atoms with Crippen LogP contribution in [0.1, 0.15) is 16.6 Å². The zero-order valence-electron chi connectivity index (χ0n) is 13.3. The van der Waals surface area contributed by atoms with Gasteiger partial charge in [0.15, 0.2) is 6.10 Å². The first-order valence-electron chi connectivity index (χ1n) is 7.59. The molecule has 1 aromatic carbocycles. The molecule has 0 spiro atoms. The number of hydrogen-bond acceptors (Lipinski definition) is 7. The maximum absolute atomic E-state index is 14.8. The number of aliphatic hydroxyl groups excluding tert-OH is 1. The van der Waals surface area contributed by atoms with Crippen molar-refractivity contribution in [3.63, 3.8) is 0 Å². The van der Waals surface area contributed by atoms with Crippen molar-refractivity contribution in [2.75, 3.05) is 12.3 Å². The van der Waals surface area contributed by atoms with Crippen LogP contribution < -0.4 is 11.4 Å². The molecule has 2 heterocycles. The minimum Gasteiger partial charge on any atom is -0.449 e. The molecule has 0 amide bonds. The van der Waals surface area contributed by atoms with E-state index in [0.29, 0.717) is 4.57 Å². The summed E-state index contributed by atoms with van der Waals surface area (Å²) in [5.41, 5.74) is 4.35. The van der Waals surface area contributed by atoms with Crippen LogP contribution in [-0.2, 0) is 9.47 Å². The second-order valence-corrected chi connectivity index (χ2v) is 5.62. The molecular formula is C16H15F2N3O5. The van der Waals surface area contributed by atoms with Gasteiger partial charge in [-0.05, 0) is 18.2 Å². The van der Waals surface area contributed by atoms with Crippen LogP contribution in [0.4, 0.5) is 14.6 Å². The van der Waals surface area contributed by atoms with Gasteiger partial charge < -0.3 is 20.3 Å². The highest BCUT2D eigenvalue weighted by atomic mass is 19.3. The lowest BCUT2D eigenvalue weighted by Crippen LogP contribution is -2.44. The molecule has 3 atom stereocenters. The average Bonchev–Trinajstić information content (AvgIpc) is 2.86. The minimum absolute atomic E-state index is 0.0646. The predicted octanol–water partition coefficient (Wildman–Crippen LogP) is 0.576. The molecule has 3 N–H and O–H groups in total. The second kappa shape index (κ2) is 6.81. The molecule has 0 saturated carbocycles. The predicted molar refractivity (Wildman–Crippen MR) is 84.5 cm³/mol. The zero-order valence-corrected chi connectivity index (χ0v) is 13.3. The van der Waals surface area contributed by atoms with E-state index in [4.69, 9.17) is 15.2 Å². The summed E-state index contributed by atoms with van der Waals surface area (Å²) in [7, 11) is 0. The Kier molecular flexibility index (Phi) is 4.70. The Morgan fingerprint density at radius 2 is 2.04 bits per heavy atom. The number of nitrogen functional groups attached to an aromatic ring is 1. The number of alkyl halides is 2. The highest BCUT2D eigenvalue weighted by molar-refractivity contribution is 5.89. The van der Waals surface area contributed by atoms with Gasteiger partial charge in [0, 0.05) is 6.20 Å². The van der Waals surface area contributed by atoms with E-state index in [-0.39, 0.29) is 11.4 Å². The summed E-state index contributed by atoms with van der Waals surface area (Å²) < 4.78 is 40.2. The first-order valence-corrected chi connectivity index (χ1v) is 7.59. The quantitative estimate of drug-likeness (QED) is 0.759. The van der Waals surface area contributed by atoms with Crippen LogP contribution in [0.25, 0.3) is 0 Å². The first kappa shape index (κ1) is 18.0. The van der Waals surface area contributed by atoms with E-state index in [1.54, 1.807) is 18.2 Å². The summed E-state index contributed by atoms with van der Waals surface area (Å²) in [4.78, 5) is 27.3. The summed E-state index contributed by atoms with van der Waals surface area (Å²) >= 11 is 0. The van der Waals surface area contributed by atoms with Crippen LogP contribution in [-0.4, -0.2) is 45.4 Å². The SMILES string of the molecule is Nc1ccn([C@@H]2O[C@H](CO)C(OC(=O)c3ccccc3)C2(F)F)c(=O)n1. The van der Waals surface area contributed by atoms with Gasteiger partial charge in [0.2, 0.25) is 6.23 Å². The maximum atomic E-state index is 14.8. The third-order valence-corrected chi connectivity index (χ3v) is 3.88. The van der Waals surface area contributed by atoms with Gasteiger partial charge in [-0.15, -0.1) is 0 Å². The van der Waals surface area contributed by atoms with Crippen LogP contribution in [0.5, 0.6) is 0 Å². The van der Waals surface area contributed by atoms with E-state index in [0.717, 1.165) is 12.3 Å². The van der Waals surface area contributed by atoms with Gasteiger partial charge in [-0.2, -0.15) is 13.8 Å². The van der Waals surface area contributed by atoms with Crippen LogP contribution in [0.15, 0.2) is 47.4 Å². The number of rotatable bonds is 4. The van der Waals surface area contributed by atoms with Gasteiger partial charge in [0.1, 0.15) is 11.9 Å². The topological polar surface area (TPSA) is 117 Å². The second-order valence-electron chi connectivity index (χ2n) is 5.62. The number of aliphatic hydroxyl groups is 1. The zero-order chi connectivity index (χ0) is 18.9. The maximum Gasteiger partial charge on any atom is 0.351 e. The Bertz CT molecular complexity index is 858. The first-order chi connectivity index (χ1) is 12.3. The van der Waals surface area contributed by atoms with Crippen LogP contribution >= 0.6 is 0 Å². The highest BCUT2D eigenvalue weighted by Gasteiger charge is 2.62. The Labute approximate surface area is 145 Å². The molecule has 1 saturated heterocycles. The van der Waals surface area contributed by atoms with Crippen molar-refractivity contribution in [1.29, 1.82) is 0 Å². The molecule has 8 nitrogen and oxygen atoms in total. The fourth-order valence-electron chi connectivity index (χ4n) is 2.62. The van der Waals surface area contributed by atoms with Crippen molar-refractivity contribution < 1.29 is 28.2 Å². The van der Waals surface area contributed by atoms with Crippen LogP contribution in [0.3, 0.4) is 0 Å². The molecule has 1 aliphatic rings. The number of halogens is 2. The lowest BCUT2D eigenvalue weighted by atomic mass is 10.1. The van der Waals surface area contributed by atoms with Crippen molar-refractivity contribution in [3.8, 4) is 0 Å². The number of hydrogen-bond donors (Lipinski definition) is 2. The van der Waals surface area contributed by atoms with Gasteiger partial charge in [-0.3, -0.25) is 4.57 Å². The molecular weight excluding hydrogens is 352 g/mol. The van der Waals surface area contributed by atoms with E-state index in [9.17, 15) is 23.5 Å². The number of carbonyl (C=O) groups excluding carboxylic acids is 1. The molecule has 1 aliphatic heterocycles. The number of anilines is 1. The minimum atomic E-state index is -3.79. The number of carbonyl (C=O) groups is 1. The number of benzene rings is 1. The van der Waals surface area contributed by atoms with Crippen LogP contribution in [0, 0.1) is 0 Å². The number of nitrogens with two attached hydrogens (primary N) is 1. The smallest absolute Gasteiger partial charge is 0.351 e. The largest absolute Gasteiger partial charge is 0.449 e. The molecule has 10 heteroatoms. The standard InChI is InChI=1S/C16H15F2N3O5/c17-16(18)12(26-13(23)9-4-2-1-3-5-9)10(8-22)25-14(16)21-7-6-11(19)20-15(21)24/h1-7,10,12,14,22H,8H2,(H2,19,20,24)/t10-,12?,14-/m1/s1. The fraction of sp³-hybridized carbons (Fsp3) is 0.312. The summed E-state index contributed by atoms with van der Waals surface area (Å²) in [6.45, 7) is -0.837. The van der Waals surface area contributed by atoms with E-state index >= 15 is 0 Å². The molecule has 1 unspecified atom stereocenters. The number of nitrogens with zero attached hydrogens (tertiary/aromatic N) is 2. The number of esters is 1. The Balaban J connectivity index is 1.90. The molecule has 2 aromatic rings. The van der Waals surface area contributed by atoms with Crippen molar-refractivity contribution in [1.82, 2.24) is 9.55 Å². The summed E-state index contributed by atoms with van der Waals surface area (Å²) in [6, 6.07) is 8.69. The Morgan fingerprint density at radius 1 is 1.35 bits per heavy atom. The van der Waals surface area contributed by atoms with Gasteiger partial charge in [-0.1, -0.05) is 18.2 Å². The van der Waals surface area contributed by atoms with E-state index < -0.39 is 42.6 Å². The summed E-state index contributed by atoms with van der Waals surface area (Å²) in [6.07, 6.45) is -4.71. The lowest BCUT2D eigenvalue weighted by Gasteiger charge is -2.24. The fourth-order valence-corrected chi connectivity index (χ4v) is 2.62. The number of aromatic nitrogens is 2. The molecule has 26 heavy (non-hydrogen) atoms. The van der Waals surface area contributed by atoms with E-state index in [1.165, 1.54) is 12.1 Å². The van der Waals surface area contributed by atoms with Gasteiger partial charge >= 0.3 is 17.6 Å². The third-order valence-electron chi connectivity index (χ3n) is 3.88. The summed E-state index contributed by atoms with van der Waals surface area (Å²) in [5.74, 6) is -4.93. The van der Waals surface area contributed by atoms with E-state index in [2.05, 4.69) is 4.98 Å². The van der Waals surface area contributed by atoms with Crippen molar-refractivity contribution in [2.45, 2.75) is 24.4 Å². The van der Waals surface area contributed by atoms with E-state index in [1.807, 2.05) is 0 Å².